The van der Waals surface area contributed by atoms with Crippen LogP contribution in [0.4, 0.5) is 6.01 Å². The predicted octanol–water partition coefficient (Wildman–Crippen LogP) is 3.21. The summed E-state index contributed by atoms with van der Waals surface area (Å²) in [6.45, 7) is 4.42. The molecule has 0 bridgehead atoms. The minimum absolute atomic E-state index is 0.527. The van der Waals surface area contributed by atoms with E-state index in [1.54, 1.807) is 14.2 Å². The maximum Gasteiger partial charge on any atom is 0.324 e. The van der Waals surface area contributed by atoms with Gasteiger partial charge in [0, 0.05) is 19.1 Å². The lowest BCUT2D eigenvalue weighted by atomic mass is 10.0. The highest BCUT2D eigenvalue weighted by Gasteiger charge is 2.28. The third-order valence-corrected chi connectivity index (χ3v) is 5.70. The molecule has 0 atom stereocenters. The summed E-state index contributed by atoms with van der Waals surface area (Å²) in [5.41, 5.74) is 0.773. The first kappa shape index (κ1) is 18.1. The lowest BCUT2D eigenvalue weighted by Gasteiger charge is -2.39. The minimum Gasteiger partial charge on any atom is -0.497 e. The van der Waals surface area contributed by atoms with Crippen LogP contribution in [0.25, 0.3) is 11.4 Å². The Bertz CT molecular complexity index is 749. The molecule has 2 aliphatic rings. The number of aromatic nitrogens is 2. The summed E-state index contributed by atoms with van der Waals surface area (Å²) in [6.07, 6.45) is 6.37. The second-order valence-corrected chi connectivity index (χ2v) is 7.28. The monoisotopic (exact) mass is 372 g/mol. The van der Waals surface area contributed by atoms with E-state index in [0.29, 0.717) is 23.6 Å². The molecule has 0 N–H and O–H groups in total. The van der Waals surface area contributed by atoms with Gasteiger partial charge in [0.2, 0.25) is 5.82 Å². The Hall–Kier alpha value is -2.28. The van der Waals surface area contributed by atoms with Gasteiger partial charge < -0.3 is 23.8 Å². The zero-order valence-electron chi connectivity index (χ0n) is 16.2. The van der Waals surface area contributed by atoms with Crippen LogP contribution in [0.15, 0.2) is 22.7 Å². The van der Waals surface area contributed by atoms with Gasteiger partial charge in [-0.15, -0.1) is 0 Å². The van der Waals surface area contributed by atoms with E-state index in [0.717, 1.165) is 37.2 Å². The number of ether oxygens (including phenoxy) is 2. The van der Waals surface area contributed by atoms with Crippen LogP contribution in [0, 0.1) is 0 Å². The first-order valence-electron chi connectivity index (χ1n) is 9.83. The van der Waals surface area contributed by atoms with Crippen molar-refractivity contribution in [1.29, 1.82) is 0 Å². The fraction of sp³-hybridized carbons (Fsp3) is 0.600. The second-order valence-electron chi connectivity index (χ2n) is 7.28. The molecule has 0 radical (unpaired) electrons. The van der Waals surface area contributed by atoms with Crippen LogP contribution in [0.1, 0.15) is 32.1 Å². The highest BCUT2D eigenvalue weighted by atomic mass is 16.5. The lowest BCUT2D eigenvalue weighted by molar-refractivity contribution is 0.140. The average molecular weight is 372 g/mol. The number of hydrogen-bond acceptors (Lipinski definition) is 7. The van der Waals surface area contributed by atoms with Crippen molar-refractivity contribution in [3.8, 4) is 22.9 Å². The van der Waals surface area contributed by atoms with Crippen LogP contribution < -0.4 is 14.4 Å². The summed E-state index contributed by atoms with van der Waals surface area (Å²) in [7, 11) is 3.28. The van der Waals surface area contributed by atoms with Crippen LogP contribution in [0.5, 0.6) is 11.5 Å². The molecule has 1 aromatic heterocycles. The van der Waals surface area contributed by atoms with E-state index >= 15 is 0 Å². The largest absolute Gasteiger partial charge is 0.497 e. The van der Waals surface area contributed by atoms with Crippen molar-refractivity contribution >= 4 is 6.01 Å². The van der Waals surface area contributed by atoms with E-state index < -0.39 is 0 Å². The summed E-state index contributed by atoms with van der Waals surface area (Å²) in [5, 5.41) is 4.18. The Morgan fingerprint density at radius 1 is 1.00 bits per heavy atom. The molecule has 4 rings (SSSR count). The Kier molecular flexibility index (Phi) is 5.48. The molecule has 0 amide bonds. The van der Waals surface area contributed by atoms with Crippen molar-refractivity contribution in [2.24, 2.45) is 0 Å². The third kappa shape index (κ3) is 3.88. The molecule has 7 heteroatoms. The van der Waals surface area contributed by atoms with Crippen LogP contribution in [0.3, 0.4) is 0 Å². The number of piperidine rings is 2. The first-order valence-corrected chi connectivity index (χ1v) is 9.83. The fourth-order valence-electron chi connectivity index (χ4n) is 4.15. The molecule has 0 saturated carbocycles. The van der Waals surface area contributed by atoms with E-state index in [1.807, 2.05) is 18.2 Å². The minimum atomic E-state index is 0.527. The molecule has 0 aliphatic carbocycles. The van der Waals surface area contributed by atoms with Gasteiger partial charge in [-0.1, -0.05) is 11.6 Å². The highest BCUT2D eigenvalue weighted by molar-refractivity contribution is 5.66. The van der Waals surface area contributed by atoms with Crippen LogP contribution >= 0.6 is 0 Å². The van der Waals surface area contributed by atoms with E-state index in [2.05, 4.69) is 19.9 Å². The summed E-state index contributed by atoms with van der Waals surface area (Å²) in [4.78, 5) is 9.49. The van der Waals surface area contributed by atoms with Gasteiger partial charge in [0.05, 0.1) is 19.8 Å². The molecular weight excluding hydrogens is 344 g/mol. The molecule has 1 aromatic carbocycles. The maximum atomic E-state index is 5.57. The number of benzene rings is 1. The average Bonchev–Trinajstić information content (AvgIpc) is 3.24. The van der Waals surface area contributed by atoms with Crippen molar-refractivity contribution in [3.63, 3.8) is 0 Å². The van der Waals surface area contributed by atoms with Crippen molar-refractivity contribution in [3.05, 3.63) is 18.2 Å². The fourth-order valence-corrected chi connectivity index (χ4v) is 4.15. The molecule has 2 fully saturated rings. The topological polar surface area (TPSA) is 63.9 Å². The van der Waals surface area contributed by atoms with Gasteiger partial charge in [0.1, 0.15) is 11.5 Å². The van der Waals surface area contributed by atoms with Gasteiger partial charge in [0.25, 0.3) is 0 Å². The molecule has 2 saturated heterocycles. The highest BCUT2D eigenvalue weighted by Crippen LogP contribution is 2.33. The van der Waals surface area contributed by atoms with E-state index in [-0.39, 0.29) is 0 Å². The van der Waals surface area contributed by atoms with Crippen LogP contribution in [-0.2, 0) is 0 Å². The Morgan fingerprint density at radius 2 is 1.78 bits per heavy atom. The van der Waals surface area contributed by atoms with Gasteiger partial charge in [-0.3, -0.25) is 0 Å². The van der Waals surface area contributed by atoms with Crippen molar-refractivity contribution < 1.29 is 14.0 Å². The van der Waals surface area contributed by atoms with Crippen molar-refractivity contribution in [2.75, 3.05) is 45.3 Å². The molecule has 0 unspecified atom stereocenters. The summed E-state index contributed by atoms with van der Waals surface area (Å²) >= 11 is 0. The predicted molar refractivity (Wildman–Crippen MR) is 103 cm³/mol. The molecule has 2 aromatic rings. The molecule has 146 valence electrons. The summed E-state index contributed by atoms with van der Waals surface area (Å²) < 4.78 is 16.3. The number of anilines is 1. The van der Waals surface area contributed by atoms with Gasteiger partial charge >= 0.3 is 6.01 Å². The Labute approximate surface area is 160 Å². The molecule has 7 nitrogen and oxygen atoms in total. The Morgan fingerprint density at radius 3 is 2.48 bits per heavy atom. The smallest absolute Gasteiger partial charge is 0.324 e. The van der Waals surface area contributed by atoms with Gasteiger partial charge in [0.15, 0.2) is 0 Å². The SMILES string of the molecule is COc1ccc(OC)c(-c2noc(N3CCC(N4CCCCC4)CC3)n2)c1. The number of hydrogen-bond donors (Lipinski definition) is 0. The van der Waals surface area contributed by atoms with E-state index in [4.69, 9.17) is 14.0 Å². The summed E-state index contributed by atoms with van der Waals surface area (Å²) in [5.74, 6) is 1.96. The molecule has 0 spiro atoms. The molecule has 3 heterocycles. The van der Waals surface area contributed by atoms with E-state index in [9.17, 15) is 0 Å². The second kappa shape index (κ2) is 8.17. The third-order valence-electron chi connectivity index (χ3n) is 5.70. The standard InChI is InChI=1S/C20H28N4O3/c1-25-16-6-7-18(26-2)17(14-16)19-21-20(27-22-19)24-12-8-15(9-13-24)23-10-4-3-5-11-23/h6-7,14-15H,3-5,8-13H2,1-2H3. The maximum absolute atomic E-state index is 5.57. The van der Waals surface area contributed by atoms with Crippen molar-refractivity contribution in [2.45, 2.75) is 38.1 Å². The number of nitrogens with zero attached hydrogens (tertiary/aromatic N) is 4. The zero-order valence-corrected chi connectivity index (χ0v) is 16.2. The van der Waals surface area contributed by atoms with Gasteiger partial charge in [-0.25, -0.2) is 0 Å². The first-order chi connectivity index (χ1) is 13.3. The number of methoxy groups -OCH3 is 2. The quantitative estimate of drug-likeness (QED) is 0.798. The van der Waals surface area contributed by atoms with Gasteiger partial charge in [-0.05, 0) is 57.0 Å². The van der Waals surface area contributed by atoms with Crippen molar-refractivity contribution in [1.82, 2.24) is 15.0 Å². The zero-order chi connectivity index (χ0) is 18.6. The molecular formula is C20H28N4O3. The summed E-state index contributed by atoms with van der Waals surface area (Å²) in [6, 6.07) is 6.87. The number of likely N-dealkylation sites (tertiary alicyclic amines) is 1. The van der Waals surface area contributed by atoms with Crippen LogP contribution in [-0.4, -0.2) is 61.5 Å². The van der Waals surface area contributed by atoms with Gasteiger partial charge in [-0.2, -0.15) is 4.98 Å². The molecule has 27 heavy (non-hydrogen) atoms. The van der Waals surface area contributed by atoms with Crippen LogP contribution in [0.2, 0.25) is 0 Å². The molecule has 2 aliphatic heterocycles. The normalized spacial score (nSPS) is 19.3. The lowest BCUT2D eigenvalue weighted by Crippen LogP contribution is -2.46. The van der Waals surface area contributed by atoms with E-state index in [1.165, 1.54) is 32.4 Å². The number of rotatable bonds is 5. The Balaban J connectivity index is 1.44.